The monoisotopic (exact) mass is 321 g/mol. The van der Waals surface area contributed by atoms with E-state index in [9.17, 15) is 18.0 Å². The zero-order chi connectivity index (χ0) is 16.4. The smallest absolute Gasteiger partial charge is 0.257 e. The third-order valence-electron chi connectivity index (χ3n) is 3.79. The number of halogens is 3. The lowest BCUT2D eigenvalue weighted by Crippen LogP contribution is -2.42. The van der Waals surface area contributed by atoms with E-state index in [0.29, 0.717) is 0 Å². The van der Waals surface area contributed by atoms with Crippen LogP contribution < -0.4 is 0 Å². The lowest BCUT2D eigenvalue weighted by molar-refractivity contribution is -0.0230. The van der Waals surface area contributed by atoms with Crippen LogP contribution in [0.1, 0.15) is 22.0 Å². The van der Waals surface area contributed by atoms with Gasteiger partial charge in [0.1, 0.15) is 6.10 Å². The predicted molar refractivity (Wildman–Crippen MR) is 77.4 cm³/mol. The molecule has 0 spiro atoms. The number of rotatable bonds is 2. The summed E-state index contributed by atoms with van der Waals surface area (Å²) in [5.41, 5.74) is 0.424. The molecule has 1 saturated heterocycles. The summed E-state index contributed by atoms with van der Waals surface area (Å²) in [4.78, 5) is 13.8. The summed E-state index contributed by atoms with van der Waals surface area (Å²) >= 11 is 0. The molecule has 0 aliphatic carbocycles. The maximum absolute atomic E-state index is 13.8. The first-order valence-corrected chi connectivity index (χ1v) is 7.17. The maximum Gasteiger partial charge on any atom is 0.257 e. The Hall–Kier alpha value is -2.34. The van der Waals surface area contributed by atoms with Gasteiger partial charge in [-0.25, -0.2) is 13.2 Å². The van der Waals surface area contributed by atoms with Crippen LogP contribution >= 0.6 is 0 Å². The van der Waals surface area contributed by atoms with Crippen LogP contribution in [-0.2, 0) is 4.74 Å². The van der Waals surface area contributed by atoms with Crippen molar-refractivity contribution in [2.24, 2.45) is 0 Å². The first-order chi connectivity index (χ1) is 11.1. The van der Waals surface area contributed by atoms with Crippen LogP contribution in [0.3, 0.4) is 0 Å². The topological polar surface area (TPSA) is 29.5 Å². The van der Waals surface area contributed by atoms with Gasteiger partial charge in [0, 0.05) is 6.54 Å². The van der Waals surface area contributed by atoms with Gasteiger partial charge in [0.2, 0.25) is 0 Å². The molecular formula is C17H14F3NO2. The SMILES string of the molecule is O=C(c1ccc(F)c(F)c1F)N1CCOC(c2ccccc2)C1. The number of carbonyl (C=O) groups excluding carboxylic acids is 1. The summed E-state index contributed by atoms with van der Waals surface area (Å²) in [6.45, 7) is 0.776. The number of amides is 1. The van der Waals surface area contributed by atoms with Gasteiger partial charge in [-0.15, -0.1) is 0 Å². The van der Waals surface area contributed by atoms with Gasteiger partial charge in [0.15, 0.2) is 17.5 Å². The maximum atomic E-state index is 13.8. The summed E-state index contributed by atoms with van der Waals surface area (Å²) in [5, 5.41) is 0. The highest BCUT2D eigenvalue weighted by Crippen LogP contribution is 2.24. The van der Waals surface area contributed by atoms with Gasteiger partial charge < -0.3 is 9.64 Å². The summed E-state index contributed by atoms with van der Waals surface area (Å²) in [6.07, 6.45) is -0.331. The van der Waals surface area contributed by atoms with Crippen molar-refractivity contribution in [3.05, 3.63) is 71.0 Å². The molecule has 0 saturated carbocycles. The van der Waals surface area contributed by atoms with E-state index in [1.807, 2.05) is 30.3 Å². The van der Waals surface area contributed by atoms with Crippen molar-refractivity contribution in [1.29, 1.82) is 0 Å². The normalized spacial score (nSPS) is 18.0. The third kappa shape index (κ3) is 3.07. The second kappa shape index (κ2) is 6.42. The van der Waals surface area contributed by atoms with E-state index in [1.54, 1.807) is 0 Å². The average molecular weight is 321 g/mol. The molecule has 0 N–H and O–H groups in total. The molecule has 1 aliphatic rings. The molecule has 1 aliphatic heterocycles. The first kappa shape index (κ1) is 15.6. The summed E-state index contributed by atoms with van der Waals surface area (Å²) in [6, 6.07) is 11.0. The van der Waals surface area contributed by atoms with Crippen LogP contribution in [-0.4, -0.2) is 30.5 Å². The van der Waals surface area contributed by atoms with Crippen molar-refractivity contribution in [1.82, 2.24) is 4.90 Å². The lowest BCUT2D eigenvalue weighted by atomic mass is 10.1. The Labute approximate surface area is 131 Å². The molecule has 2 aromatic carbocycles. The highest BCUT2D eigenvalue weighted by Gasteiger charge is 2.28. The van der Waals surface area contributed by atoms with Gasteiger partial charge in [-0.1, -0.05) is 30.3 Å². The molecule has 1 atom stereocenters. The number of morpholine rings is 1. The van der Waals surface area contributed by atoms with Gasteiger partial charge in [-0.05, 0) is 17.7 Å². The zero-order valence-electron chi connectivity index (χ0n) is 12.1. The molecule has 1 heterocycles. The van der Waals surface area contributed by atoms with E-state index in [4.69, 9.17) is 4.74 Å². The Bertz CT molecular complexity index is 721. The number of hydrogen-bond acceptors (Lipinski definition) is 2. The predicted octanol–water partition coefficient (Wildman–Crippen LogP) is 3.32. The molecular weight excluding hydrogens is 307 g/mol. The molecule has 0 radical (unpaired) electrons. The molecule has 1 fully saturated rings. The zero-order valence-corrected chi connectivity index (χ0v) is 12.1. The van der Waals surface area contributed by atoms with E-state index in [1.165, 1.54) is 4.90 Å². The Morgan fingerprint density at radius 2 is 1.78 bits per heavy atom. The van der Waals surface area contributed by atoms with Crippen LogP contribution in [0.2, 0.25) is 0 Å². The largest absolute Gasteiger partial charge is 0.370 e. The van der Waals surface area contributed by atoms with Crippen LogP contribution in [0.15, 0.2) is 42.5 Å². The molecule has 0 bridgehead atoms. The number of benzene rings is 2. The molecule has 1 amide bonds. The Kier molecular flexibility index (Phi) is 4.34. The lowest BCUT2D eigenvalue weighted by Gasteiger charge is -2.33. The first-order valence-electron chi connectivity index (χ1n) is 7.17. The quantitative estimate of drug-likeness (QED) is 0.794. The number of carbonyl (C=O) groups is 1. The van der Waals surface area contributed by atoms with Crippen LogP contribution in [0.25, 0.3) is 0 Å². The standard InChI is InChI=1S/C17H14F3NO2/c18-13-7-6-12(15(19)16(13)20)17(22)21-8-9-23-14(10-21)11-4-2-1-3-5-11/h1-7,14H,8-10H2. The highest BCUT2D eigenvalue weighted by atomic mass is 19.2. The fraction of sp³-hybridized carbons (Fsp3) is 0.235. The molecule has 120 valence electrons. The average Bonchev–Trinajstić information content (AvgIpc) is 2.60. The van der Waals surface area contributed by atoms with E-state index in [2.05, 4.69) is 0 Å². The van der Waals surface area contributed by atoms with Crippen molar-refractivity contribution >= 4 is 5.91 Å². The minimum absolute atomic E-state index is 0.223. The third-order valence-corrected chi connectivity index (χ3v) is 3.79. The highest BCUT2D eigenvalue weighted by molar-refractivity contribution is 5.94. The Morgan fingerprint density at radius 1 is 1.04 bits per heavy atom. The van der Waals surface area contributed by atoms with E-state index >= 15 is 0 Å². The van der Waals surface area contributed by atoms with E-state index in [0.717, 1.165) is 17.7 Å². The number of nitrogens with zero attached hydrogens (tertiary/aromatic N) is 1. The Balaban J connectivity index is 1.81. The molecule has 2 aromatic rings. The molecule has 0 aromatic heterocycles. The summed E-state index contributed by atoms with van der Waals surface area (Å²) in [5.74, 6) is -5.09. The summed E-state index contributed by atoms with van der Waals surface area (Å²) < 4.78 is 45.7. The van der Waals surface area contributed by atoms with Crippen molar-refractivity contribution in [3.63, 3.8) is 0 Å². The van der Waals surface area contributed by atoms with Crippen LogP contribution in [0.4, 0.5) is 13.2 Å². The van der Waals surface area contributed by atoms with Crippen LogP contribution in [0, 0.1) is 17.5 Å². The van der Waals surface area contributed by atoms with Gasteiger partial charge in [0.05, 0.1) is 18.7 Å². The fourth-order valence-corrected chi connectivity index (χ4v) is 2.56. The minimum Gasteiger partial charge on any atom is -0.370 e. The van der Waals surface area contributed by atoms with Gasteiger partial charge in [-0.2, -0.15) is 0 Å². The minimum atomic E-state index is -1.64. The van der Waals surface area contributed by atoms with Gasteiger partial charge >= 0.3 is 0 Å². The van der Waals surface area contributed by atoms with Crippen LogP contribution in [0.5, 0.6) is 0 Å². The molecule has 3 rings (SSSR count). The van der Waals surface area contributed by atoms with Gasteiger partial charge in [0.25, 0.3) is 5.91 Å². The fourth-order valence-electron chi connectivity index (χ4n) is 2.56. The summed E-state index contributed by atoms with van der Waals surface area (Å²) in [7, 11) is 0. The number of ether oxygens (including phenoxy) is 1. The second-order valence-electron chi connectivity index (χ2n) is 5.24. The van der Waals surface area contributed by atoms with E-state index < -0.39 is 28.9 Å². The molecule has 6 heteroatoms. The molecule has 23 heavy (non-hydrogen) atoms. The second-order valence-corrected chi connectivity index (χ2v) is 5.24. The number of hydrogen-bond donors (Lipinski definition) is 0. The van der Waals surface area contributed by atoms with E-state index in [-0.39, 0.29) is 25.8 Å². The van der Waals surface area contributed by atoms with Crippen molar-refractivity contribution in [2.75, 3.05) is 19.7 Å². The van der Waals surface area contributed by atoms with Crippen molar-refractivity contribution in [2.45, 2.75) is 6.10 Å². The molecule has 3 nitrogen and oxygen atoms in total. The van der Waals surface area contributed by atoms with Gasteiger partial charge in [-0.3, -0.25) is 4.79 Å². The Morgan fingerprint density at radius 3 is 2.52 bits per heavy atom. The van der Waals surface area contributed by atoms with Crippen molar-refractivity contribution < 1.29 is 22.7 Å². The van der Waals surface area contributed by atoms with Crippen molar-refractivity contribution in [3.8, 4) is 0 Å². The molecule has 1 unspecified atom stereocenters.